The minimum absolute atomic E-state index is 0.00528. The smallest absolute Gasteiger partial charge is 0.415 e. The summed E-state index contributed by atoms with van der Waals surface area (Å²) in [5.74, 6) is -2.27. The lowest BCUT2D eigenvalue weighted by molar-refractivity contribution is 0.0691. The number of carboxylic acids is 1. The molecule has 1 aromatic rings. The largest absolute Gasteiger partial charge is 0.478 e. The number of aromatic carboxylic acids is 1. The van der Waals surface area contributed by atoms with Gasteiger partial charge in [0, 0.05) is 13.1 Å². The molecular formula is C12H14FNO4. The number of nitrogens with zero attached hydrogens (tertiary/aromatic N) is 1. The van der Waals surface area contributed by atoms with Crippen molar-refractivity contribution in [1.29, 1.82) is 0 Å². The second kappa shape index (κ2) is 6.00. The maximum atomic E-state index is 13.1. The average Bonchev–Trinajstić information content (AvgIpc) is 2.32. The first-order valence-corrected chi connectivity index (χ1v) is 5.49. The lowest BCUT2D eigenvalue weighted by atomic mass is 10.2. The van der Waals surface area contributed by atoms with Gasteiger partial charge in [-0.3, -0.25) is 0 Å². The van der Waals surface area contributed by atoms with E-state index in [-0.39, 0.29) is 5.75 Å². The molecule has 0 radical (unpaired) electrons. The Bertz CT molecular complexity index is 457. The molecule has 98 valence electrons. The van der Waals surface area contributed by atoms with Crippen LogP contribution in [0.25, 0.3) is 0 Å². The lowest BCUT2D eigenvalue weighted by Crippen LogP contribution is -2.33. The van der Waals surface area contributed by atoms with Gasteiger partial charge >= 0.3 is 12.1 Å². The van der Waals surface area contributed by atoms with Gasteiger partial charge < -0.3 is 14.7 Å². The van der Waals surface area contributed by atoms with Crippen LogP contribution in [0.1, 0.15) is 24.2 Å². The van der Waals surface area contributed by atoms with Gasteiger partial charge in [-0.15, -0.1) is 0 Å². The molecule has 0 aliphatic carbocycles. The van der Waals surface area contributed by atoms with Gasteiger partial charge in [-0.05, 0) is 32.0 Å². The van der Waals surface area contributed by atoms with E-state index in [0.29, 0.717) is 13.1 Å². The van der Waals surface area contributed by atoms with Crippen molar-refractivity contribution in [3.63, 3.8) is 0 Å². The molecule has 0 saturated carbocycles. The number of carbonyl (C=O) groups excluding carboxylic acids is 1. The van der Waals surface area contributed by atoms with Crippen molar-refractivity contribution in [1.82, 2.24) is 4.90 Å². The molecule has 18 heavy (non-hydrogen) atoms. The number of halogens is 1. The zero-order valence-corrected chi connectivity index (χ0v) is 10.1. The average molecular weight is 255 g/mol. The predicted octanol–water partition coefficient (Wildman–Crippen LogP) is 2.36. The predicted molar refractivity (Wildman–Crippen MR) is 62.3 cm³/mol. The summed E-state index contributed by atoms with van der Waals surface area (Å²) in [6.45, 7) is 4.53. The van der Waals surface area contributed by atoms with E-state index in [2.05, 4.69) is 0 Å². The van der Waals surface area contributed by atoms with Crippen LogP contribution in [-0.4, -0.2) is 35.2 Å². The summed E-state index contributed by atoms with van der Waals surface area (Å²) in [5, 5.41) is 8.73. The van der Waals surface area contributed by atoms with E-state index in [0.717, 1.165) is 12.1 Å². The van der Waals surface area contributed by atoms with Crippen molar-refractivity contribution in [2.75, 3.05) is 13.1 Å². The Hall–Kier alpha value is -2.11. The van der Waals surface area contributed by atoms with Crippen LogP contribution in [0.5, 0.6) is 5.75 Å². The Kier molecular flexibility index (Phi) is 4.65. The van der Waals surface area contributed by atoms with Crippen molar-refractivity contribution >= 4 is 12.1 Å². The van der Waals surface area contributed by atoms with E-state index in [1.807, 2.05) is 0 Å². The zero-order valence-electron chi connectivity index (χ0n) is 10.1. The maximum Gasteiger partial charge on any atom is 0.415 e. The molecule has 0 spiro atoms. The second-order valence-corrected chi connectivity index (χ2v) is 3.49. The molecule has 0 heterocycles. The van der Waals surface area contributed by atoms with Gasteiger partial charge in [0.25, 0.3) is 0 Å². The third-order valence-electron chi connectivity index (χ3n) is 2.40. The van der Waals surface area contributed by atoms with Gasteiger partial charge in [0.1, 0.15) is 11.6 Å². The third kappa shape index (κ3) is 3.19. The maximum absolute atomic E-state index is 13.1. The molecule has 1 aromatic carbocycles. The highest BCUT2D eigenvalue weighted by Gasteiger charge is 2.15. The fourth-order valence-corrected chi connectivity index (χ4v) is 1.38. The quantitative estimate of drug-likeness (QED) is 0.896. The fraction of sp³-hybridized carbons (Fsp3) is 0.333. The SMILES string of the molecule is CCN(CC)C(=O)Oc1ccc(F)c(C(=O)O)c1. The van der Waals surface area contributed by atoms with E-state index >= 15 is 0 Å². The first-order valence-electron chi connectivity index (χ1n) is 5.49. The topological polar surface area (TPSA) is 66.8 Å². The van der Waals surface area contributed by atoms with Crippen LogP contribution < -0.4 is 4.74 Å². The summed E-state index contributed by atoms with van der Waals surface area (Å²) in [5.41, 5.74) is -0.528. The molecule has 0 atom stereocenters. The van der Waals surface area contributed by atoms with Gasteiger partial charge in [-0.25, -0.2) is 14.0 Å². The van der Waals surface area contributed by atoms with Crippen LogP contribution in [0.2, 0.25) is 0 Å². The highest BCUT2D eigenvalue weighted by Crippen LogP contribution is 2.17. The number of carboxylic acid groups (broad SMARTS) is 1. The number of hydrogen-bond acceptors (Lipinski definition) is 3. The third-order valence-corrected chi connectivity index (χ3v) is 2.40. The van der Waals surface area contributed by atoms with Crippen LogP contribution in [0.3, 0.4) is 0 Å². The zero-order chi connectivity index (χ0) is 13.7. The Labute approximate surface area is 104 Å². The van der Waals surface area contributed by atoms with E-state index < -0.39 is 23.4 Å². The molecule has 1 N–H and O–H groups in total. The molecule has 1 amide bonds. The molecule has 0 aliphatic rings. The molecule has 0 aliphatic heterocycles. The number of hydrogen-bond donors (Lipinski definition) is 1. The summed E-state index contributed by atoms with van der Waals surface area (Å²) in [7, 11) is 0. The fourth-order valence-electron chi connectivity index (χ4n) is 1.38. The molecular weight excluding hydrogens is 241 g/mol. The van der Waals surface area contributed by atoms with Crippen LogP contribution in [-0.2, 0) is 0 Å². The van der Waals surface area contributed by atoms with Gasteiger partial charge in [0.15, 0.2) is 0 Å². The minimum atomic E-state index is -1.41. The Balaban J connectivity index is 2.89. The van der Waals surface area contributed by atoms with E-state index in [1.165, 1.54) is 11.0 Å². The monoisotopic (exact) mass is 255 g/mol. The van der Waals surface area contributed by atoms with Crippen LogP contribution in [0.15, 0.2) is 18.2 Å². The Morgan fingerprint density at radius 3 is 2.44 bits per heavy atom. The second-order valence-electron chi connectivity index (χ2n) is 3.49. The van der Waals surface area contributed by atoms with Gasteiger partial charge in [-0.1, -0.05) is 0 Å². The highest BCUT2D eigenvalue weighted by atomic mass is 19.1. The molecule has 0 fully saturated rings. The summed E-state index contributed by atoms with van der Waals surface area (Å²) in [4.78, 5) is 23.7. The van der Waals surface area contributed by atoms with Crippen molar-refractivity contribution < 1.29 is 23.8 Å². The Morgan fingerprint density at radius 2 is 1.94 bits per heavy atom. The minimum Gasteiger partial charge on any atom is -0.478 e. The van der Waals surface area contributed by atoms with Crippen molar-refractivity contribution in [3.8, 4) is 5.75 Å². The number of ether oxygens (including phenoxy) is 1. The van der Waals surface area contributed by atoms with Gasteiger partial charge in [0.05, 0.1) is 5.56 Å². The summed E-state index contributed by atoms with van der Waals surface area (Å²) < 4.78 is 18.1. The normalized spacial score (nSPS) is 9.94. The molecule has 1 rings (SSSR count). The van der Waals surface area contributed by atoms with Crippen molar-refractivity contribution in [2.45, 2.75) is 13.8 Å². The molecule has 0 bridgehead atoms. The first-order chi connectivity index (χ1) is 8.49. The van der Waals surface area contributed by atoms with Crippen molar-refractivity contribution in [3.05, 3.63) is 29.6 Å². The molecule has 0 saturated heterocycles. The molecule has 0 aromatic heterocycles. The first kappa shape index (κ1) is 14.0. The van der Waals surface area contributed by atoms with E-state index in [1.54, 1.807) is 13.8 Å². The summed E-state index contributed by atoms with van der Waals surface area (Å²) in [6, 6.07) is 3.15. The van der Waals surface area contributed by atoms with Crippen LogP contribution in [0, 0.1) is 5.82 Å². The molecule has 5 nitrogen and oxygen atoms in total. The highest BCUT2D eigenvalue weighted by molar-refractivity contribution is 5.88. The molecule has 6 heteroatoms. The van der Waals surface area contributed by atoms with Crippen molar-refractivity contribution in [2.24, 2.45) is 0 Å². The number of amides is 1. The summed E-state index contributed by atoms with van der Waals surface area (Å²) in [6.07, 6.45) is -0.594. The van der Waals surface area contributed by atoms with Gasteiger partial charge in [-0.2, -0.15) is 0 Å². The Morgan fingerprint density at radius 1 is 1.33 bits per heavy atom. The van der Waals surface area contributed by atoms with E-state index in [4.69, 9.17) is 9.84 Å². The number of carbonyl (C=O) groups is 2. The van der Waals surface area contributed by atoms with E-state index in [9.17, 15) is 14.0 Å². The van der Waals surface area contributed by atoms with Crippen LogP contribution >= 0.6 is 0 Å². The summed E-state index contributed by atoms with van der Waals surface area (Å²) >= 11 is 0. The number of benzene rings is 1. The van der Waals surface area contributed by atoms with Crippen LogP contribution in [0.4, 0.5) is 9.18 Å². The number of rotatable bonds is 4. The lowest BCUT2D eigenvalue weighted by Gasteiger charge is -2.17. The van der Waals surface area contributed by atoms with Gasteiger partial charge in [0.2, 0.25) is 0 Å². The standard InChI is InChI=1S/C12H14FNO4/c1-3-14(4-2)12(17)18-8-5-6-10(13)9(7-8)11(15)16/h5-7H,3-4H2,1-2H3,(H,15,16). The molecule has 0 unspecified atom stereocenters.